The van der Waals surface area contributed by atoms with Crippen LogP contribution < -0.4 is 15.4 Å². The fourth-order valence-corrected chi connectivity index (χ4v) is 2.73. The maximum absolute atomic E-state index is 12.2. The first-order chi connectivity index (χ1) is 12.8. The van der Waals surface area contributed by atoms with Gasteiger partial charge in [0.15, 0.2) is 0 Å². The summed E-state index contributed by atoms with van der Waals surface area (Å²) in [6.45, 7) is 7.96. The Morgan fingerprint density at radius 2 is 2.07 bits per heavy atom. The summed E-state index contributed by atoms with van der Waals surface area (Å²) in [5, 5.41) is 6.01. The molecule has 7 heteroatoms. The van der Waals surface area contributed by atoms with E-state index in [1.54, 1.807) is 30.5 Å². The molecule has 0 radical (unpaired) electrons. The molecule has 0 aliphatic rings. The fourth-order valence-electron chi connectivity index (χ4n) is 2.08. The third-order valence-corrected chi connectivity index (χ3v) is 4.08. The lowest BCUT2D eigenvalue weighted by atomic mass is 10.2. The number of hydrogen-bond acceptors (Lipinski definition) is 5. The molecule has 142 valence electrons. The average Bonchev–Trinajstić information content (AvgIpc) is 3.05. The van der Waals surface area contributed by atoms with Crippen LogP contribution in [0.2, 0.25) is 0 Å². The second-order valence-electron chi connectivity index (χ2n) is 6.42. The number of ether oxygens (including phenoxy) is 1. The van der Waals surface area contributed by atoms with E-state index < -0.39 is 0 Å². The number of carbonyl (C=O) groups is 2. The van der Waals surface area contributed by atoms with Gasteiger partial charge in [0.1, 0.15) is 10.6 Å². The van der Waals surface area contributed by atoms with E-state index in [1.807, 2.05) is 20.8 Å². The number of benzene rings is 1. The molecule has 0 spiro atoms. The predicted molar refractivity (Wildman–Crippen MR) is 106 cm³/mol. The van der Waals surface area contributed by atoms with Crippen LogP contribution in [-0.2, 0) is 4.79 Å². The molecule has 0 saturated heterocycles. The largest absolute Gasteiger partial charge is 0.431 e. The molecule has 1 heterocycles. The number of carbonyl (C=O) groups excluding carboxylic acids is 2. The third-order valence-electron chi connectivity index (χ3n) is 3.29. The topological polar surface area (TPSA) is 80.3 Å². The van der Waals surface area contributed by atoms with E-state index in [0.717, 1.165) is 4.88 Å². The SMILES string of the molecule is CC(=O)NC(C)C#Cc1cnc(Oc2cccc(C(=O)NCC(C)C)c2)s1. The molecule has 1 aromatic carbocycles. The highest BCUT2D eigenvalue weighted by Crippen LogP contribution is 2.26. The van der Waals surface area contributed by atoms with Crippen molar-refractivity contribution in [3.05, 3.63) is 40.9 Å². The van der Waals surface area contributed by atoms with Gasteiger partial charge in [-0.2, -0.15) is 0 Å². The van der Waals surface area contributed by atoms with Crippen LogP contribution in [0.3, 0.4) is 0 Å². The summed E-state index contributed by atoms with van der Waals surface area (Å²) in [5.41, 5.74) is 0.536. The van der Waals surface area contributed by atoms with E-state index in [-0.39, 0.29) is 17.9 Å². The smallest absolute Gasteiger partial charge is 0.279 e. The molecule has 6 nitrogen and oxygen atoms in total. The van der Waals surface area contributed by atoms with Gasteiger partial charge in [0.2, 0.25) is 5.91 Å². The van der Waals surface area contributed by atoms with E-state index in [1.165, 1.54) is 18.3 Å². The Morgan fingerprint density at radius 1 is 1.30 bits per heavy atom. The molecule has 2 amide bonds. The van der Waals surface area contributed by atoms with Gasteiger partial charge in [-0.25, -0.2) is 4.98 Å². The molecule has 27 heavy (non-hydrogen) atoms. The van der Waals surface area contributed by atoms with E-state index in [0.29, 0.717) is 29.0 Å². The molecular formula is C20H23N3O3S. The monoisotopic (exact) mass is 385 g/mol. The van der Waals surface area contributed by atoms with Crippen molar-refractivity contribution in [3.8, 4) is 22.8 Å². The fraction of sp³-hybridized carbons (Fsp3) is 0.350. The van der Waals surface area contributed by atoms with Crippen molar-refractivity contribution < 1.29 is 14.3 Å². The number of aromatic nitrogens is 1. The van der Waals surface area contributed by atoms with Crippen LogP contribution in [-0.4, -0.2) is 29.4 Å². The predicted octanol–water partition coefficient (Wildman–Crippen LogP) is 3.20. The highest BCUT2D eigenvalue weighted by Gasteiger charge is 2.09. The summed E-state index contributed by atoms with van der Waals surface area (Å²) in [6, 6.07) is 6.72. The van der Waals surface area contributed by atoms with Crippen molar-refractivity contribution in [2.75, 3.05) is 6.54 Å². The van der Waals surface area contributed by atoms with Crippen LogP contribution in [0.5, 0.6) is 10.9 Å². The second kappa shape index (κ2) is 9.74. The zero-order chi connectivity index (χ0) is 19.8. The summed E-state index contributed by atoms with van der Waals surface area (Å²) < 4.78 is 5.74. The van der Waals surface area contributed by atoms with E-state index in [4.69, 9.17) is 4.74 Å². The number of nitrogens with one attached hydrogen (secondary N) is 2. The molecule has 2 N–H and O–H groups in total. The first kappa shape index (κ1) is 20.5. The van der Waals surface area contributed by atoms with E-state index in [2.05, 4.69) is 27.5 Å². The van der Waals surface area contributed by atoms with Gasteiger partial charge < -0.3 is 15.4 Å². The van der Waals surface area contributed by atoms with Crippen molar-refractivity contribution in [2.45, 2.75) is 33.7 Å². The highest BCUT2D eigenvalue weighted by molar-refractivity contribution is 7.13. The lowest BCUT2D eigenvalue weighted by Crippen LogP contribution is -2.28. The molecule has 1 atom stereocenters. The Hall–Kier alpha value is -2.85. The lowest BCUT2D eigenvalue weighted by Gasteiger charge is -2.08. The number of hydrogen-bond donors (Lipinski definition) is 2. The number of amides is 2. The van der Waals surface area contributed by atoms with Gasteiger partial charge in [0, 0.05) is 19.0 Å². The second-order valence-corrected chi connectivity index (χ2v) is 7.41. The maximum atomic E-state index is 12.2. The molecule has 2 aromatic rings. The van der Waals surface area contributed by atoms with Crippen LogP contribution in [0.4, 0.5) is 0 Å². The standard InChI is InChI=1S/C20H23N3O3S/c1-13(2)11-21-19(25)16-6-5-7-17(10-16)26-20-22-12-18(27-20)9-8-14(3)23-15(4)24/h5-7,10,12-14H,11H2,1-4H3,(H,21,25)(H,23,24). The Labute approximate surface area is 163 Å². The summed E-state index contributed by atoms with van der Waals surface area (Å²) in [4.78, 5) is 28.1. The molecule has 0 saturated carbocycles. The van der Waals surface area contributed by atoms with Gasteiger partial charge in [0.05, 0.1) is 12.2 Å². The van der Waals surface area contributed by atoms with Crippen LogP contribution in [0.1, 0.15) is 42.9 Å². The quantitative estimate of drug-likeness (QED) is 0.749. The Bertz CT molecular complexity index is 865. The van der Waals surface area contributed by atoms with Crippen LogP contribution in [0.15, 0.2) is 30.5 Å². The summed E-state index contributed by atoms with van der Waals surface area (Å²) in [5.74, 6) is 6.56. The number of thiazole rings is 1. The Kier molecular flexibility index (Phi) is 7.38. The van der Waals surface area contributed by atoms with Crippen LogP contribution in [0.25, 0.3) is 0 Å². The Morgan fingerprint density at radius 3 is 2.78 bits per heavy atom. The van der Waals surface area contributed by atoms with Gasteiger partial charge >= 0.3 is 0 Å². The van der Waals surface area contributed by atoms with Gasteiger partial charge in [-0.1, -0.05) is 43.1 Å². The van der Waals surface area contributed by atoms with Crippen molar-refractivity contribution in [1.82, 2.24) is 15.6 Å². The molecule has 0 aliphatic heterocycles. The minimum Gasteiger partial charge on any atom is -0.431 e. The maximum Gasteiger partial charge on any atom is 0.279 e. The first-order valence-electron chi connectivity index (χ1n) is 8.64. The van der Waals surface area contributed by atoms with Gasteiger partial charge in [-0.05, 0) is 31.0 Å². The lowest BCUT2D eigenvalue weighted by molar-refractivity contribution is -0.119. The molecule has 0 fully saturated rings. The van der Waals surface area contributed by atoms with Crippen molar-refractivity contribution in [1.29, 1.82) is 0 Å². The zero-order valence-corrected chi connectivity index (χ0v) is 16.6. The highest BCUT2D eigenvalue weighted by atomic mass is 32.1. The van der Waals surface area contributed by atoms with Crippen molar-refractivity contribution >= 4 is 23.2 Å². The van der Waals surface area contributed by atoms with E-state index >= 15 is 0 Å². The van der Waals surface area contributed by atoms with Gasteiger partial charge in [-0.3, -0.25) is 9.59 Å². The number of nitrogens with zero attached hydrogens (tertiary/aromatic N) is 1. The molecule has 0 aliphatic carbocycles. The zero-order valence-electron chi connectivity index (χ0n) is 15.8. The van der Waals surface area contributed by atoms with Gasteiger partial charge in [0.25, 0.3) is 11.1 Å². The summed E-state index contributed by atoms with van der Waals surface area (Å²) in [7, 11) is 0. The first-order valence-corrected chi connectivity index (χ1v) is 9.45. The van der Waals surface area contributed by atoms with Crippen LogP contribution >= 0.6 is 11.3 Å². The average molecular weight is 385 g/mol. The minimum atomic E-state index is -0.241. The molecule has 1 aromatic heterocycles. The summed E-state index contributed by atoms with van der Waals surface area (Å²) >= 11 is 1.30. The van der Waals surface area contributed by atoms with Crippen LogP contribution in [0, 0.1) is 17.8 Å². The molecule has 1 unspecified atom stereocenters. The molecule has 0 bridgehead atoms. The molecule has 2 rings (SSSR count). The molecular weight excluding hydrogens is 362 g/mol. The van der Waals surface area contributed by atoms with Crippen molar-refractivity contribution in [2.24, 2.45) is 5.92 Å². The Balaban J connectivity index is 2.01. The van der Waals surface area contributed by atoms with Crippen molar-refractivity contribution in [3.63, 3.8) is 0 Å². The number of rotatable bonds is 6. The van der Waals surface area contributed by atoms with E-state index in [9.17, 15) is 9.59 Å². The minimum absolute atomic E-state index is 0.123. The summed E-state index contributed by atoms with van der Waals surface area (Å²) in [6.07, 6.45) is 1.62. The van der Waals surface area contributed by atoms with Gasteiger partial charge in [-0.15, -0.1) is 0 Å². The normalized spacial score (nSPS) is 11.3. The third kappa shape index (κ3) is 7.12.